The molecule has 0 aromatic carbocycles. The second-order valence-electron chi connectivity index (χ2n) is 2.65. The van der Waals surface area contributed by atoms with Gasteiger partial charge in [-0.3, -0.25) is 0 Å². The first-order valence-corrected chi connectivity index (χ1v) is 5.11. The summed E-state index contributed by atoms with van der Waals surface area (Å²) in [6.45, 7) is 2.10. The van der Waals surface area contributed by atoms with Crippen molar-refractivity contribution in [2.45, 2.75) is 24.4 Å². The van der Waals surface area contributed by atoms with Crippen LogP contribution in [0.25, 0.3) is 0 Å². The molecule has 0 saturated heterocycles. The van der Waals surface area contributed by atoms with Crippen molar-refractivity contribution in [2.75, 3.05) is 5.75 Å². The van der Waals surface area contributed by atoms with E-state index in [-0.39, 0.29) is 6.04 Å². The Hall–Kier alpha value is -0.540. The van der Waals surface area contributed by atoms with Crippen molar-refractivity contribution < 1.29 is 0 Å². The molecular formula is C9H14N2S. The van der Waals surface area contributed by atoms with Gasteiger partial charge < -0.3 is 5.73 Å². The first kappa shape index (κ1) is 9.55. The molecule has 0 aliphatic heterocycles. The zero-order valence-corrected chi connectivity index (χ0v) is 8.05. The van der Waals surface area contributed by atoms with Gasteiger partial charge >= 0.3 is 0 Å². The highest BCUT2D eigenvalue weighted by Gasteiger charge is 2.00. The normalized spacial score (nSPS) is 12.8. The number of aromatic nitrogens is 1. The minimum absolute atomic E-state index is 0.289. The third-order valence-corrected chi connectivity index (χ3v) is 2.74. The van der Waals surface area contributed by atoms with Crippen molar-refractivity contribution in [3.63, 3.8) is 0 Å². The van der Waals surface area contributed by atoms with Crippen LogP contribution in [0.15, 0.2) is 29.4 Å². The molecule has 0 spiro atoms. The van der Waals surface area contributed by atoms with Crippen molar-refractivity contribution >= 4 is 11.8 Å². The molecular weight excluding hydrogens is 168 g/mol. The molecule has 0 fully saturated rings. The van der Waals surface area contributed by atoms with E-state index in [0.717, 1.165) is 17.2 Å². The fourth-order valence-corrected chi connectivity index (χ4v) is 1.67. The largest absolute Gasteiger partial charge is 0.327 e. The quantitative estimate of drug-likeness (QED) is 0.723. The van der Waals surface area contributed by atoms with Crippen LogP contribution in [0.2, 0.25) is 0 Å². The molecule has 0 radical (unpaired) electrons. The van der Waals surface area contributed by atoms with Crippen LogP contribution >= 0.6 is 11.8 Å². The highest BCUT2D eigenvalue weighted by atomic mass is 32.2. The SMILES string of the molecule is CC[C@H](N)CSc1ccccn1. The number of thioether (sulfide) groups is 1. The van der Waals surface area contributed by atoms with Crippen LogP contribution in [0.3, 0.4) is 0 Å². The molecule has 2 nitrogen and oxygen atoms in total. The zero-order valence-electron chi connectivity index (χ0n) is 7.23. The van der Waals surface area contributed by atoms with Gasteiger partial charge in [0.15, 0.2) is 0 Å². The van der Waals surface area contributed by atoms with E-state index in [4.69, 9.17) is 5.73 Å². The summed E-state index contributed by atoms with van der Waals surface area (Å²) in [5.41, 5.74) is 5.77. The second kappa shape index (κ2) is 5.17. The summed E-state index contributed by atoms with van der Waals surface area (Å²) in [6, 6.07) is 6.21. The maximum Gasteiger partial charge on any atom is 0.0960 e. The van der Waals surface area contributed by atoms with Crippen molar-refractivity contribution in [3.05, 3.63) is 24.4 Å². The highest BCUT2D eigenvalue weighted by molar-refractivity contribution is 7.99. The molecule has 0 bridgehead atoms. The molecule has 0 aliphatic rings. The van der Waals surface area contributed by atoms with Gasteiger partial charge in [0.2, 0.25) is 0 Å². The summed E-state index contributed by atoms with van der Waals surface area (Å²) in [4.78, 5) is 4.19. The first-order chi connectivity index (χ1) is 5.83. The third kappa shape index (κ3) is 3.24. The van der Waals surface area contributed by atoms with E-state index >= 15 is 0 Å². The molecule has 0 saturated carbocycles. The van der Waals surface area contributed by atoms with Gasteiger partial charge in [0.25, 0.3) is 0 Å². The molecule has 12 heavy (non-hydrogen) atoms. The van der Waals surface area contributed by atoms with E-state index in [1.165, 1.54) is 0 Å². The van der Waals surface area contributed by atoms with Gasteiger partial charge in [-0.1, -0.05) is 13.0 Å². The monoisotopic (exact) mass is 182 g/mol. The van der Waals surface area contributed by atoms with Crippen molar-refractivity contribution in [1.82, 2.24) is 4.98 Å². The number of hydrogen-bond acceptors (Lipinski definition) is 3. The predicted molar refractivity (Wildman–Crippen MR) is 53.2 cm³/mol. The molecule has 66 valence electrons. The summed E-state index contributed by atoms with van der Waals surface area (Å²) in [6.07, 6.45) is 2.83. The van der Waals surface area contributed by atoms with Crippen LogP contribution in [0.4, 0.5) is 0 Å². The molecule has 0 aliphatic carbocycles. The molecule has 1 aromatic rings. The van der Waals surface area contributed by atoms with E-state index < -0.39 is 0 Å². The lowest BCUT2D eigenvalue weighted by Crippen LogP contribution is -2.21. The molecule has 0 unspecified atom stereocenters. The van der Waals surface area contributed by atoms with Crippen LogP contribution in [-0.4, -0.2) is 16.8 Å². The Bertz CT molecular complexity index is 213. The molecule has 1 aromatic heterocycles. The predicted octanol–water partition coefficient (Wildman–Crippen LogP) is 1.91. The molecule has 0 amide bonds. The van der Waals surface area contributed by atoms with Crippen LogP contribution in [0.5, 0.6) is 0 Å². The van der Waals surface area contributed by atoms with Crippen molar-refractivity contribution in [2.24, 2.45) is 5.73 Å². The molecule has 1 rings (SSSR count). The number of hydrogen-bond donors (Lipinski definition) is 1. The topological polar surface area (TPSA) is 38.9 Å². The fourth-order valence-electron chi connectivity index (χ4n) is 0.743. The maximum atomic E-state index is 5.77. The summed E-state index contributed by atoms with van der Waals surface area (Å²) in [5.74, 6) is 0.952. The third-order valence-electron chi connectivity index (χ3n) is 1.61. The minimum Gasteiger partial charge on any atom is -0.327 e. The summed E-state index contributed by atoms with van der Waals surface area (Å²) in [5, 5.41) is 1.06. The average Bonchev–Trinajstić information content (AvgIpc) is 2.16. The summed E-state index contributed by atoms with van der Waals surface area (Å²) in [7, 11) is 0. The van der Waals surface area contributed by atoms with E-state index in [2.05, 4.69) is 11.9 Å². The Labute approximate surface area is 77.6 Å². The Morgan fingerprint density at radius 2 is 2.42 bits per heavy atom. The van der Waals surface area contributed by atoms with E-state index in [9.17, 15) is 0 Å². The minimum atomic E-state index is 0.289. The molecule has 1 heterocycles. The van der Waals surface area contributed by atoms with Gasteiger partial charge in [-0.25, -0.2) is 4.98 Å². The zero-order chi connectivity index (χ0) is 8.81. The molecule has 1 atom stereocenters. The van der Waals surface area contributed by atoms with Gasteiger partial charge in [0.1, 0.15) is 0 Å². The summed E-state index contributed by atoms with van der Waals surface area (Å²) >= 11 is 1.72. The van der Waals surface area contributed by atoms with Gasteiger partial charge in [-0.2, -0.15) is 0 Å². The van der Waals surface area contributed by atoms with Gasteiger partial charge in [-0.05, 0) is 18.6 Å². The van der Waals surface area contributed by atoms with Gasteiger partial charge in [0, 0.05) is 18.0 Å². The molecule has 2 N–H and O–H groups in total. The van der Waals surface area contributed by atoms with E-state index in [1.807, 2.05) is 18.2 Å². The smallest absolute Gasteiger partial charge is 0.0960 e. The van der Waals surface area contributed by atoms with E-state index in [0.29, 0.717) is 0 Å². The Kier molecular flexibility index (Phi) is 4.11. The maximum absolute atomic E-state index is 5.77. The Morgan fingerprint density at radius 1 is 1.58 bits per heavy atom. The van der Waals surface area contributed by atoms with Gasteiger partial charge in [0.05, 0.1) is 5.03 Å². The van der Waals surface area contributed by atoms with Gasteiger partial charge in [-0.15, -0.1) is 11.8 Å². The Balaban J connectivity index is 2.33. The van der Waals surface area contributed by atoms with E-state index in [1.54, 1.807) is 18.0 Å². The van der Waals surface area contributed by atoms with Crippen molar-refractivity contribution in [3.8, 4) is 0 Å². The van der Waals surface area contributed by atoms with Crippen LogP contribution in [-0.2, 0) is 0 Å². The number of rotatable bonds is 4. The lowest BCUT2D eigenvalue weighted by Gasteiger charge is -2.06. The number of nitrogens with two attached hydrogens (primary N) is 1. The highest BCUT2D eigenvalue weighted by Crippen LogP contribution is 2.14. The standard InChI is InChI=1S/C9H14N2S/c1-2-8(10)7-12-9-5-3-4-6-11-9/h3-6,8H,2,7,10H2,1H3/t8-/m0/s1. The second-order valence-corrected chi connectivity index (χ2v) is 3.69. The fraction of sp³-hybridized carbons (Fsp3) is 0.444. The molecule has 3 heteroatoms. The number of pyridine rings is 1. The average molecular weight is 182 g/mol. The number of nitrogens with zero attached hydrogens (tertiary/aromatic N) is 1. The first-order valence-electron chi connectivity index (χ1n) is 4.12. The lowest BCUT2D eigenvalue weighted by molar-refractivity contribution is 0.724. The lowest BCUT2D eigenvalue weighted by atomic mass is 10.3. The van der Waals surface area contributed by atoms with Crippen LogP contribution in [0, 0.1) is 0 Å². The summed E-state index contributed by atoms with van der Waals surface area (Å²) < 4.78 is 0. The van der Waals surface area contributed by atoms with Crippen molar-refractivity contribution in [1.29, 1.82) is 0 Å². The van der Waals surface area contributed by atoms with Crippen LogP contribution < -0.4 is 5.73 Å². The van der Waals surface area contributed by atoms with Crippen LogP contribution in [0.1, 0.15) is 13.3 Å². The Morgan fingerprint density at radius 3 is 3.00 bits per heavy atom.